The Morgan fingerprint density at radius 2 is 2.21 bits per heavy atom. The van der Waals surface area contributed by atoms with E-state index in [1.54, 1.807) is 10.8 Å². The van der Waals surface area contributed by atoms with Crippen LogP contribution >= 0.6 is 0 Å². The average Bonchev–Trinajstić information content (AvgIpc) is 2.75. The largest absolute Gasteiger partial charge is 0.434 e. The number of nitrogens with zero attached hydrogens (tertiary/aromatic N) is 3. The van der Waals surface area contributed by atoms with Crippen LogP contribution in [0, 0.1) is 16.0 Å². The maximum atomic E-state index is 10.5. The van der Waals surface area contributed by atoms with Crippen LogP contribution in [0.2, 0.25) is 0 Å². The van der Waals surface area contributed by atoms with Crippen LogP contribution in [0.15, 0.2) is 36.7 Å². The van der Waals surface area contributed by atoms with Crippen molar-refractivity contribution in [3.8, 4) is 0 Å². The summed E-state index contributed by atoms with van der Waals surface area (Å²) in [6.45, 7) is 0.573. The molecule has 0 unspecified atom stereocenters. The molecular weight excluding hydrogens is 182 g/mol. The second-order valence-corrected chi connectivity index (χ2v) is 3.07. The summed E-state index contributed by atoms with van der Waals surface area (Å²) in [5, 5.41) is 10.5. The highest BCUT2D eigenvalue weighted by Gasteiger charge is 2.16. The summed E-state index contributed by atoms with van der Waals surface area (Å²) in [6, 6.07) is 0. The Balaban J connectivity index is 2.16. The Morgan fingerprint density at radius 3 is 2.86 bits per heavy atom. The first-order valence-corrected chi connectivity index (χ1v) is 4.28. The number of hydrogen-bond acceptors (Lipinski definition) is 3. The van der Waals surface area contributed by atoms with Gasteiger partial charge in [0.05, 0.1) is 6.54 Å². The normalized spacial score (nSPS) is 15.1. The van der Waals surface area contributed by atoms with Crippen molar-refractivity contribution in [1.82, 2.24) is 9.55 Å². The van der Waals surface area contributed by atoms with E-state index in [1.165, 1.54) is 6.20 Å². The number of allylic oxidation sites excluding steroid dienone is 4. The Kier molecular flexibility index (Phi) is 2.14. The Bertz CT molecular complexity index is 394. The van der Waals surface area contributed by atoms with E-state index in [2.05, 4.69) is 4.98 Å². The van der Waals surface area contributed by atoms with Crippen LogP contribution in [0.4, 0.5) is 5.95 Å². The van der Waals surface area contributed by atoms with Crippen LogP contribution in [0.25, 0.3) is 0 Å². The molecule has 5 nitrogen and oxygen atoms in total. The van der Waals surface area contributed by atoms with E-state index in [4.69, 9.17) is 0 Å². The van der Waals surface area contributed by atoms with Gasteiger partial charge in [0.15, 0.2) is 0 Å². The van der Waals surface area contributed by atoms with Crippen molar-refractivity contribution in [3.05, 3.63) is 46.8 Å². The number of aromatic nitrogens is 2. The molecule has 0 radical (unpaired) electrons. The van der Waals surface area contributed by atoms with E-state index in [-0.39, 0.29) is 11.9 Å². The molecule has 1 aliphatic carbocycles. The molecule has 0 fully saturated rings. The molecule has 0 bridgehead atoms. The molecule has 0 atom stereocenters. The van der Waals surface area contributed by atoms with Gasteiger partial charge in [-0.1, -0.05) is 29.3 Å². The van der Waals surface area contributed by atoms with Crippen LogP contribution in [-0.4, -0.2) is 14.5 Å². The lowest BCUT2D eigenvalue weighted by Gasteiger charge is -2.04. The predicted octanol–water partition coefficient (Wildman–Crippen LogP) is 1.53. The van der Waals surface area contributed by atoms with Gasteiger partial charge in [-0.05, 0) is 4.92 Å². The minimum Gasteiger partial charge on any atom is -0.390 e. The SMILES string of the molecule is O=[N+]([O-])c1nccn1CC1C=CC=C1. The second kappa shape index (κ2) is 3.45. The summed E-state index contributed by atoms with van der Waals surface area (Å²) in [5.74, 6) is 0.140. The van der Waals surface area contributed by atoms with Crippen molar-refractivity contribution in [3.63, 3.8) is 0 Å². The molecule has 0 amide bonds. The third-order valence-electron chi connectivity index (χ3n) is 2.09. The van der Waals surface area contributed by atoms with Gasteiger partial charge in [-0.3, -0.25) is 0 Å². The number of imidazole rings is 1. The van der Waals surface area contributed by atoms with Crippen LogP contribution in [0.1, 0.15) is 0 Å². The van der Waals surface area contributed by atoms with Gasteiger partial charge in [-0.2, -0.15) is 0 Å². The van der Waals surface area contributed by atoms with Gasteiger partial charge in [0, 0.05) is 5.92 Å². The molecule has 0 aliphatic heterocycles. The van der Waals surface area contributed by atoms with Crippen molar-refractivity contribution in [2.24, 2.45) is 5.92 Å². The van der Waals surface area contributed by atoms with Gasteiger partial charge >= 0.3 is 5.95 Å². The van der Waals surface area contributed by atoms with Gasteiger partial charge in [0.25, 0.3) is 0 Å². The average molecular weight is 191 g/mol. The third kappa shape index (κ3) is 1.56. The standard InChI is InChI=1S/C9H9N3O2/c13-12(14)9-10-5-6-11(9)7-8-3-1-2-4-8/h1-6,8H,7H2. The molecule has 72 valence electrons. The van der Waals surface area contributed by atoms with E-state index in [0.29, 0.717) is 6.54 Å². The molecule has 1 aromatic rings. The van der Waals surface area contributed by atoms with E-state index in [0.717, 1.165) is 0 Å². The van der Waals surface area contributed by atoms with Gasteiger partial charge in [-0.15, -0.1) is 0 Å². The fourth-order valence-electron chi connectivity index (χ4n) is 1.44. The summed E-state index contributed by atoms with van der Waals surface area (Å²) >= 11 is 0. The van der Waals surface area contributed by atoms with Crippen LogP contribution < -0.4 is 0 Å². The zero-order valence-electron chi connectivity index (χ0n) is 7.41. The van der Waals surface area contributed by atoms with Crippen LogP contribution in [0.5, 0.6) is 0 Å². The molecule has 1 aromatic heterocycles. The lowest BCUT2D eigenvalue weighted by atomic mass is 10.2. The van der Waals surface area contributed by atoms with Crippen LogP contribution in [0.3, 0.4) is 0 Å². The zero-order valence-corrected chi connectivity index (χ0v) is 7.41. The molecular formula is C9H9N3O2. The molecule has 0 saturated carbocycles. The van der Waals surface area contributed by atoms with Gasteiger partial charge in [0.2, 0.25) is 0 Å². The lowest BCUT2D eigenvalue weighted by molar-refractivity contribution is -0.396. The van der Waals surface area contributed by atoms with Gasteiger partial charge in [-0.25, -0.2) is 4.57 Å². The van der Waals surface area contributed by atoms with Crippen molar-refractivity contribution in [2.75, 3.05) is 0 Å². The van der Waals surface area contributed by atoms with Crippen LogP contribution in [-0.2, 0) is 6.54 Å². The molecule has 5 heteroatoms. The summed E-state index contributed by atoms with van der Waals surface area (Å²) in [7, 11) is 0. The zero-order chi connectivity index (χ0) is 9.97. The molecule has 2 rings (SSSR count). The highest BCUT2D eigenvalue weighted by atomic mass is 16.6. The van der Waals surface area contributed by atoms with Crippen molar-refractivity contribution in [2.45, 2.75) is 6.54 Å². The second-order valence-electron chi connectivity index (χ2n) is 3.07. The highest BCUT2D eigenvalue weighted by Crippen LogP contribution is 2.15. The monoisotopic (exact) mass is 191 g/mol. The maximum Gasteiger partial charge on any atom is 0.434 e. The molecule has 0 spiro atoms. The quantitative estimate of drug-likeness (QED) is 0.537. The molecule has 1 aliphatic rings. The first-order chi connectivity index (χ1) is 6.77. The Labute approximate surface area is 80.5 Å². The Morgan fingerprint density at radius 1 is 1.50 bits per heavy atom. The third-order valence-corrected chi connectivity index (χ3v) is 2.09. The molecule has 0 saturated heterocycles. The first-order valence-electron chi connectivity index (χ1n) is 4.28. The summed E-state index contributed by atoms with van der Waals surface area (Å²) in [4.78, 5) is 13.7. The van der Waals surface area contributed by atoms with E-state index >= 15 is 0 Å². The van der Waals surface area contributed by atoms with E-state index < -0.39 is 4.92 Å². The lowest BCUT2D eigenvalue weighted by Crippen LogP contribution is -2.07. The minimum atomic E-state index is -0.470. The number of hydrogen-bond donors (Lipinski definition) is 0. The van der Waals surface area contributed by atoms with Crippen molar-refractivity contribution in [1.29, 1.82) is 0 Å². The fourth-order valence-corrected chi connectivity index (χ4v) is 1.44. The van der Waals surface area contributed by atoms with Gasteiger partial charge < -0.3 is 10.1 Å². The number of rotatable bonds is 3. The highest BCUT2D eigenvalue weighted by molar-refractivity contribution is 5.18. The molecule has 0 N–H and O–H groups in total. The summed E-state index contributed by atoms with van der Waals surface area (Å²) in [5.41, 5.74) is 0. The van der Waals surface area contributed by atoms with Crippen molar-refractivity contribution >= 4 is 5.95 Å². The summed E-state index contributed by atoms with van der Waals surface area (Å²) < 4.78 is 1.55. The van der Waals surface area contributed by atoms with E-state index in [9.17, 15) is 10.1 Å². The summed E-state index contributed by atoms with van der Waals surface area (Å²) in [6.07, 6.45) is 11.0. The number of nitro groups is 1. The predicted molar refractivity (Wildman–Crippen MR) is 50.7 cm³/mol. The fraction of sp³-hybridized carbons (Fsp3) is 0.222. The topological polar surface area (TPSA) is 61.0 Å². The minimum absolute atomic E-state index is 0.0984. The van der Waals surface area contributed by atoms with Gasteiger partial charge in [0.1, 0.15) is 12.4 Å². The van der Waals surface area contributed by atoms with E-state index in [1.807, 2.05) is 24.3 Å². The maximum absolute atomic E-state index is 10.5. The van der Waals surface area contributed by atoms with Crippen molar-refractivity contribution < 1.29 is 4.92 Å². The first kappa shape index (κ1) is 8.68. The smallest absolute Gasteiger partial charge is 0.390 e. The molecule has 1 heterocycles. The Hall–Kier alpha value is -1.91. The molecule has 14 heavy (non-hydrogen) atoms. The molecule has 0 aromatic carbocycles.